The van der Waals surface area contributed by atoms with E-state index in [1.54, 1.807) is 12.4 Å². The lowest BCUT2D eigenvalue weighted by atomic mass is 10.0. The number of aromatic amines is 2. The van der Waals surface area contributed by atoms with Gasteiger partial charge in [-0.25, -0.2) is 4.79 Å². The van der Waals surface area contributed by atoms with Gasteiger partial charge in [-0.05, 0) is 23.3 Å². The third-order valence-electron chi connectivity index (χ3n) is 6.79. The Kier molecular flexibility index (Phi) is 9.34. The van der Waals surface area contributed by atoms with E-state index in [9.17, 15) is 34.5 Å². The number of para-hydroxylation sites is 2. The number of aromatic nitrogens is 2. The summed E-state index contributed by atoms with van der Waals surface area (Å²) in [5.74, 6) is -3.78. The summed E-state index contributed by atoms with van der Waals surface area (Å²) in [7, 11) is 0. The van der Waals surface area contributed by atoms with Gasteiger partial charge in [0.15, 0.2) is 0 Å². The number of carboxylic acid groups (broad SMARTS) is 1. The fourth-order valence-corrected chi connectivity index (χ4v) is 4.55. The van der Waals surface area contributed by atoms with Crippen LogP contribution in [-0.4, -0.2) is 86.4 Å². The van der Waals surface area contributed by atoms with Crippen molar-refractivity contribution in [3.63, 3.8) is 0 Å². The second-order valence-electron chi connectivity index (χ2n) is 9.62. The molecule has 3 amide bonds. The van der Waals surface area contributed by atoms with Gasteiger partial charge in [0.1, 0.15) is 24.2 Å². The fraction of sp³-hybridized carbons (Fsp3) is 0.286. The average Bonchev–Trinajstić information content (AvgIpc) is 3.58. The number of carboxylic acids is 1. The lowest BCUT2D eigenvalue weighted by molar-refractivity contribution is -0.143. The van der Waals surface area contributed by atoms with Crippen molar-refractivity contribution in [3.8, 4) is 0 Å². The Bertz CT molecular complexity index is 1550. The second-order valence-corrected chi connectivity index (χ2v) is 9.62. The number of hydrogen-bond donors (Lipinski definition) is 9. The fourth-order valence-electron chi connectivity index (χ4n) is 4.55. The maximum Gasteiger partial charge on any atom is 0.328 e. The summed E-state index contributed by atoms with van der Waals surface area (Å²) in [4.78, 5) is 57.2. The Morgan fingerprint density at radius 1 is 0.683 bits per heavy atom. The molecular formula is C28H32N6O7. The van der Waals surface area contributed by atoms with Crippen molar-refractivity contribution in [2.75, 3.05) is 13.2 Å². The number of fused-ring (bicyclic) bond motifs is 2. The van der Waals surface area contributed by atoms with E-state index in [-0.39, 0.29) is 12.8 Å². The smallest absolute Gasteiger partial charge is 0.328 e. The number of aliphatic carboxylic acids is 1. The largest absolute Gasteiger partial charge is 0.480 e. The lowest BCUT2D eigenvalue weighted by Crippen LogP contribution is -2.58. The molecule has 4 aromatic rings. The molecule has 0 spiro atoms. The summed E-state index contributed by atoms with van der Waals surface area (Å²) in [6.07, 6.45) is 3.39. The van der Waals surface area contributed by atoms with Crippen molar-refractivity contribution in [2.45, 2.75) is 37.0 Å². The van der Waals surface area contributed by atoms with Crippen LogP contribution in [0.4, 0.5) is 0 Å². The summed E-state index contributed by atoms with van der Waals surface area (Å²) in [6, 6.07) is 9.37. The van der Waals surface area contributed by atoms with Gasteiger partial charge in [0.2, 0.25) is 17.7 Å². The molecule has 0 fully saturated rings. The van der Waals surface area contributed by atoms with Gasteiger partial charge in [-0.15, -0.1) is 0 Å². The highest BCUT2D eigenvalue weighted by Crippen LogP contribution is 2.21. The summed E-state index contributed by atoms with van der Waals surface area (Å²) in [5.41, 5.74) is 8.68. The maximum absolute atomic E-state index is 13.7. The highest BCUT2D eigenvalue weighted by atomic mass is 16.4. The zero-order valence-corrected chi connectivity index (χ0v) is 22.0. The lowest BCUT2D eigenvalue weighted by Gasteiger charge is -2.25. The predicted molar refractivity (Wildman–Crippen MR) is 150 cm³/mol. The van der Waals surface area contributed by atoms with Crippen molar-refractivity contribution in [1.29, 1.82) is 0 Å². The molecular weight excluding hydrogens is 532 g/mol. The van der Waals surface area contributed by atoms with Crippen molar-refractivity contribution in [3.05, 3.63) is 72.1 Å². The molecule has 4 unspecified atom stereocenters. The van der Waals surface area contributed by atoms with Gasteiger partial charge in [-0.3, -0.25) is 14.4 Å². The van der Waals surface area contributed by atoms with Crippen molar-refractivity contribution >= 4 is 45.5 Å². The zero-order valence-electron chi connectivity index (χ0n) is 22.0. The molecule has 0 bridgehead atoms. The topological polar surface area (TPSA) is 223 Å². The van der Waals surface area contributed by atoms with Crippen LogP contribution in [0, 0.1) is 0 Å². The van der Waals surface area contributed by atoms with Crippen molar-refractivity contribution < 1.29 is 34.5 Å². The molecule has 13 nitrogen and oxygen atoms in total. The van der Waals surface area contributed by atoms with Crippen LogP contribution >= 0.6 is 0 Å². The number of carbonyl (C=O) groups is 4. The third-order valence-corrected chi connectivity index (χ3v) is 6.79. The molecule has 0 saturated carbocycles. The first-order valence-corrected chi connectivity index (χ1v) is 12.9. The minimum atomic E-state index is -1.59. The van der Waals surface area contributed by atoms with Crippen molar-refractivity contribution in [1.82, 2.24) is 25.9 Å². The van der Waals surface area contributed by atoms with Gasteiger partial charge in [0, 0.05) is 47.0 Å². The molecule has 0 aliphatic rings. The molecule has 2 heterocycles. The molecule has 0 saturated heterocycles. The minimum Gasteiger partial charge on any atom is -0.480 e. The van der Waals surface area contributed by atoms with Gasteiger partial charge in [-0.1, -0.05) is 36.4 Å². The monoisotopic (exact) mass is 564 g/mol. The Labute approximate surface area is 234 Å². The summed E-state index contributed by atoms with van der Waals surface area (Å²) in [5, 5.41) is 37.2. The van der Waals surface area contributed by atoms with Crippen LogP contribution < -0.4 is 21.7 Å². The molecule has 4 atom stereocenters. The van der Waals surface area contributed by atoms with Crippen LogP contribution in [0.3, 0.4) is 0 Å². The summed E-state index contributed by atoms with van der Waals surface area (Å²) >= 11 is 0. The van der Waals surface area contributed by atoms with E-state index >= 15 is 0 Å². The Morgan fingerprint density at radius 2 is 1.12 bits per heavy atom. The number of aliphatic hydroxyl groups is 2. The Balaban J connectivity index is 1.63. The molecule has 0 aliphatic heterocycles. The minimum absolute atomic E-state index is 0.0234. The molecule has 2 aromatic heterocycles. The number of carbonyl (C=O) groups excluding carboxylic acids is 3. The number of H-pyrrole nitrogens is 2. The summed E-state index contributed by atoms with van der Waals surface area (Å²) in [6.45, 7) is -1.50. The van der Waals surface area contributed by atoms with Crippen LogP contribution in [0.1, 0.15) is 11.1 Å². The highest BCUT2D eigenvalue weighted by Gasteiger charge is 2.31. The number of rotatable bonds is 13. The van der Waals surface area contributed by atoms with E-state index in [4.69, 9.17) is 5.73 Å². The maximum atomic E-state index is 13.7. The highest BCUT2D eigenvalue weighted by molar-refractivity contribution is 5.95. The molecule has 2 aromatic carbocycles. The molecule has 4 rings (SSSR count). The van der Waals surface area contributed by atoms with Crippen LogP contribution in [0.25, 0.3) is 21.8 Å². The van der Waals surface area contributed by atoms with E-state index in [0.717, 1.165) is 21.8 Å². The zero-order chi connectivity index (χ0) is 29.5. The molecule has 41 heavy (non-hydrogen) atoms. The van der Waals surface area contributed by atoms with Crippen LogP contribution in [0.2, 0.25) is 0 Å². The number of nitrogens with two attached hydrogens (primary N) is 1. The van der Waals surface area contributed by atoms with Crippen LogP contribution in [-0.2, 0) is 32.0 Å². The Morgan fingerprint density at radius 3 is 1.56 bits per heavy atom. The van der Waals surface area contributed by atoms with Gasteiger partial charge in [-0.2, -0.15) is 0 Å². The van der Waals surface area contributed by atoms with Crippen LogP contribution in [0.15, 0.2) is 60.9 Å². The summed E-state index contributed by atoms with van der Waals surface area (Å²) < 4.78 is 0. The van der Waals surface area contributed by atoms with Crippen molar-refractivity contribution in [2.24, 2.45) is 5.73 Å². The number of amides is 3. The molecule has 13 heteroatoms. The van der Waals surface area contributed by atoms with Gasteiger partial charge >= 0.3 is 5.97 Å². The predicted octanol–water partition coefficient (Wildman–Crippen LogP) is -0.715. The van der Waals surface area contributed by atoms with Crippen LogP contribution in [0.5, 0.6) is 0 Å². The number of benzene rings is 2. The van der Waals surface area contributed by atoms with E-state index < -0.39 is 61.1 Å². The van der Waals surface area contributed by atoms with Gasteiger partial charge in [0.05, 0.1) is 13.2 Å². The standard InChI is InChI=1S/C28H32N6O7/c29-19(13-35)25(37)32-22(9-15-11-30-20-7-3-1-5-17(15)20)26(38)33-23(27(39)34-24(14-36)28(40)41)10-16-12-31-21-8-4-2-6-18(16)21/h1-8,11-12,19,22-24,30-31,35-36H,9-10,13-14,29H2,(H,32,37)(H,33,38)(H,34,39)(H,40,41). The van der Waals surface area contributed by atoms with E-state index in [1.165, 1.54) is 0 Å². The molecule has 216 valence electrons. The first-order valence-electron chi connectivity index (χ1n) is 12.9. The second kappa shape index (κ2) is 13.1. The molecule has 0 radical (unpaired) electrons. The molecule has 10 N–H and O–H groups in total. The first-order chi connectivity index (χ1) is 19.7. The number of hydrogen-bond acceptors (Lipinski definition) is 7. The van der Waals surface area contributed by atoms with E-state index in [1.807, 2.05) is 48.5 Å². The number of nitrogens with one attached hydrogen (secondary N) is 5. The third kappa shape index (κ3) is 6.90. The van der Waals surface area contributed by atoms with Gasteiger partial charge in [0.25, 0.3) is 0 Å². The quantitative estimate of drug-likeness (QED) is 0.101. The molecule has 0 aliphatic carbocycles. The number of aliphatic hydroxyl groups excluding tert-OH is 2. The van der Waals surface area contributed by atoms with Gasteiger partial charge < -0.3 is 47.0 Å². The first kappa shape index (κ1) is 29.3. The SMILES string of the molecule is NC(CO)C(=O)NC(Cc1c[nH]c2ccccc12)C(=O)NC(Cc1c[nH]c2ccccc12)C(=O)NC(CO)C(=O)O. The average molecular weight is 565 g/mol. The van der Waals surface area contributed by atoms with E-state index in [0.29, 0.717) is 11.1 Å². The Hall–Kier alpha value is -4.72. The van der Waals surface area contributed by atoms with E-state index in [2.05, 4.69) is 25.9 Å². The normalized spacial score (nSPS) is 14.2.